The van der Waals surface area contributed by atoms with Crippen molar-refractivity contribution in [2.45, 2.75) is 44.2 Å². The summed E-state index contributed by atoms with van der Waals surface area (Å²) in [5.74, 6) is 2.02. The van der Waals surface area contributed by atoms with Crippen LogP contribution in [0.2, 0.25) is 0 Å². The summed E-state index contributed by atoms with van der Waals surface area (Å²) in [5, 5.41) is 9.89. The lowest BCUT2D eigenvalue weighted by molar-refractivity contribution is 0.0258. The fourth-order valence-electron chi connectivity index (χ4n) is 3.22. The molecule has 0 aromatic rings. The Morgan fingerprint density at radius 3 is 2.38 bits per heavy atom. The van der Waals surface area contributed by atoms with E-state index in [9.17, 15) is 5.11 Å². The van der Waals surface area contributed by atoms with Crippen molar-refractivity contribution in [3.63, 3.8) is 0 Å². The van der Waals surface area contributed by atoms with Gasteiger partial charge in [-0.25, -0.2) is 0 Å². The first-order valence-electron chi connectivity index (χ1n) is 5.77. The monoisotopic (exact) mass is 181 g/mol. The van der Waals surface area contributed by atoms with Crippen molar-refractivity contribution in [2.24, 2.45) is 11.8 Å². The molecule has 74 valence electrons. The molecule has 0 aromatic heterocycles. The molecule has 1 saturated heterocycles. The van der Waals surface area contributed by atoms with Gasteiger partial charge in [0, 0.05) is 19.1 Å². The molecule has 0 bridgehead atoms. The lowest BCUT2D eigenvalue weighted by Crippen LogP contribution is -2.45. The van der Waals surface area contributed by atoms with E-state index in [4.69, 9.17) is 0 Å². The number of fused-ring (bicyclic) bond motifs is 1. The van der Waals surface area contributed by atoms with E-state index in [1.165, 1.54) is 38.8 Å². The minimum atomic E-state index is -0.0220. The molecule has 2 heteroatoms. The van der Waals surface area contributed by atoms with Gasteiger partial charge in [-0.15, -0.1) is 0 Å². The van der Waals surface area contributed by atoms with E-state index in [2.05, 4.69) is 4.90 Å². The van der Waals surface area contributed by atoms with Crippen LogP contribution < -0.4 is 0 Å². The Hall–Kier alpha value is -0.0800. The number of hydrogen-bond donors (Lipinski definition) is 1. The Labute approximate surface area is 79.9 Å². The van der Waals surface area contributed by atoms with Gasteiger partial charge < -0.3 is 5.11 Å². The summed E-state index contributed by atoms with van der Waals surface area (Å²) in [4.78, 5) is 2.56. The normalized spacial score (nSPS) is 50.5. The van der Waals surface area contributed by atoms with Crippen LogP contribution in [0.25, 0.3) is 0 Å². The van der Waals surface area contributed by atoms with E-state index < -0.39 is 0 Å². The third-order valence-electron chi connectivity index (χ3n) is 4.17. The highest BCUT2D eigenvalue weighted by Gasteiger charge is 2.47. The SMILES string of the molecule is OC1CCCCC1N1CC2CC2C1. The number of piperidine rings is 1. The maximum Gasteiger partial charge on any atom is 0.0695 e. The number of likely N-dealkylation sites (tertiary alicyclic amines) is 1. The molecule has 1 heterocycles. The summed E-state index contributed by atoms with van der Waals surface area (Å²) in [7, 11) is 0. The largest absolute Gasteiger partial charge is 0.391 e. The molecule has 2 saturated carbocycles. The van der Waals surface area contributed by atoms with Crippen LogP contribution in [0, 0.1) is 11.8 Å². The first-order chi connectivity index (χ1) is 6.34. The second kappa shape index (κ2) is 2.96. The molecular weight excluding hydrogens is 162 g/mol. The van der Waals surface area contributed by atoms with Crippen LogP contribution in [-0.4, -0.2) is 35.2 Å². The van der Waals surface area contributed by atoms with Gasteiger partial charge in [0.05, 0.1) is 6.10 Å². The molecule has 2 aliphatic carbocycles. The molecule has 0 spiro atoms. The van der Waals surface area contributed by atoms with Crippen LogP contribution in [-0.2, 0) is 0 Å². The number of hydrogen-bond acceptors (Lipinski definition) is 2. The zero-order valence-electron chi connectivity index (χ0n) is 8.15. The lowest BCUT2D eigenvalue weighted by atomic mass is 9.91. The van der Waals surface area contributed by atoms with Gasteiger partial charge in [-0.05, 0) is 31.1 Å². The highest BCUT2D eigenvalue weighted by atomic mass is 16.3. The van der Waals surface area contributed by atoms with E-state index in [0.717, 1.165) is 18.3 Å². The van der Waals surface area contributed by atoms with Crippen LogP contribution >= 0.6 is 0 Å². The Balaban J connectivity index is 1.63. The topological polar surface area (TPSA) is 23.5 Å². The average Bonchev–Trinajstić information content (AvgIpc) is 2.75. The summed E-state index contributed by atoms with van der Waals surface area (Å²) < 4.78 is 0. The van der Waals surface area contributed by atoms with Gasteiger partial charge in [-0.2, -0.15) is 0 Å². The molecule has 1 aliphatic heterocycles. The molecule has 3 aliphatic rings. The second-order valence-electron chi connectivity index (χ2n) is 5.13. The number of aliphatic hydroxyl groups is 1. The minimum absolute atomic E-state index is 0.0220. The predicted octanol–water partition coefficient (Wildman–Crippen LogP) is 1.24. The van der Waals surface area contributed by atoms with Gasteiger partial charge in [0.2, 0.25) is 0 Å². The Morgan fingerprint density at radius 2 is 1.69 bits per heavy atom. The Morgan fingerprint density at radius 1 is 1.00 bits per heavy atom. The van der Waals surface area contributed by atoms with E-state index in [0.29, 0.717) is 6.04 Å². The van der Waals surface area contributed by atoms with Crippen LogP contribution in [0.4, 0.5) is 0 Å². The van der Waals surface area contributed by atoms with Gasteiger partial charge in [0.1, 0.15) is 0 Å². The van der Waals surface area contributed by atoms with Crippen molar-refractivity contribution in [1.29, 1.82) is 0 Å². The second-order valence-corrected chi connectivity index (χ2v) is 5.13. The third kappa shape index (κ3) is 1.40. The van der Waals surface area contributed by atoms with Crippen molar-refractivity contribution in [3.05, 3.63) is 0 Å². The standard InChI is InChI=1S/C11H19NO/c13-11-4-2-1-3-10(11)12-6-8-5-9(8)7-12/h8-11,13H,1-7H2. The third-order valence-corrected chi connectivity index (χ3v) is 4.17. The Kier molecular flexibility index (Phi) is 1.88. The van der Waals surface area contributed by atoms with Gasteiger partial charge >= 0.3 is 0 Å². The quantitative estimate of drug-likeness (QED) is 0.658. The van der Waals surface area contributed by atoms with Gasteiger partial charge in [0.25, 0.3) is 0 Å². The fraction of sp³-hybridized carbons (Fsp3) is 1.00. The molecule has 0 amide bonds. The average molecular weight is 181 g/mol. The van der Waals surface area contributed by atoms with Gasteiger partial charge in [-0.1, -0.05) is 12.8 Å². The van der Waals surface area contributed by atoms with E-state index in [1.54, 1.807) is 0 Å². The van der Waals surface area contributed by atoms with Crippen LogP contribution in [0.15, 0.2) is 0 Å². The van der Waals surface area contributed by atoms with E-state index >= 15 is 0 Å². The van der Waals surface area contributed by atoms with Crippen molar-refractivity contribution >= 4 is 0 Å². The van der Waals surface area contributed by atoms with Crippen molar-refractivity contribution < 1.29 is 5.11 Å². The van der Waals surface area contributed by atoms with Crippen molar-refractivity contribution in [1.82, 2.24) is 4.90 Å². The summed E-state index contributed by atoms with van der Waals surface area (Å²) >= 11 is 0. The van der Waals surface area contributed by atoms with E-state index in [-0.39, 0.29) is 6.10 Å². The van der Waals surface area contributed by atoms with Crippen molar-refractivity contribution in [2.75, 3.05) is 13.1 Å². The molecular formula is C11H19NO. The molecule has 4 atom stereocenters. The molecule has 0 aromatic carbocycles. The summed E-state index contributed by atoms with van der Waals surface area (Å²) in [6.45, 7) is 2.57. The highest BCUT2D eigenvalue weighted by molar-refractivity contribution is 5.00. The molecule has 4 unspecified atom stereocenters. The summed E-state index contributed by atoms with van der Waals surface area (Å²) in [6, 6.07) is 0.515. The fourth-order valence-corrected chi connectivity index (χ4v) is 3.22. The van der Waals surface area contributed by atoms with Gasteiger partial charge in [0.15, 0.2) is 0 Å². The summed E-state index contributed by atoms with van der Waals surface area (Å²) in [5.41, 5.74) is 0. The number of aliphatic hydroxyl groups excluding tert-OH is 1. The Bertz CT molecular complexity index is 196. The molecule has 3 rings (SSSR count). The van der Waals surface area contributed by atoms with Crippen molar-refractivity contribution in [3.8, 4) is 0 Å². The molecule has 13 heavy (non-hydrogen) atoms. The zero-order chi connectivity index (χ0) is 8.84. The van der Waals surface area contributed by atoms with Crippen LogP contribution in [0.1, 0.15) is 32.1 Å². The maximum atomic E-state index is 9.89. The minimum Gasteiger partial charge on any atom is -0.391 e. The maximum absolute atomic E-state index is 9.89. The molecule has 0 radical (unpaired) electrons. The van der Waals surface area contributed by atoms with Crippen LogP contribution in [0.5, 0.6) is 0 Å². The van der Waals surface area contributed by atoms with Crippen LogP contribution in [0.3, 0.4) is 0 Å². The molecule has 3 fully saturated rings. The first kappa shape index (κ1) is 8.25. The summed E-state index contributed by atoms with van der Waals surface area (Å²) in [6.07, 6.45) is 6.29. The zero-order valence-corrected chi connectivity index (χ0v) is 8.15. The smallest absolute Gasteiger partial charge is 0.0695 e. The lowest BCUT2D eigenvalue weighted by Gasteiger charge is -2.35. The number of rotatable bonds is 1. The highest BCUT2D eigenvalue weighted by Crippen LogP contribution is 2.46. The first-order valence-corrected chi connectivity index (χ1v) is 5.77. The molecule has 1 N–H and O–H groups in total. The number of nitrogens with zero attached hydrogens (tertiary/aromatic N) is 1. The predicted molar refractivity (Wildman–Crippen MR) is 51.4 cm³/mol. The molecule has 2 nitrogen and oxygen atoms in total. The van der Waals surface area contributed by atoms with Gasteiger partial charge in [-0.3, -0.25) is 4.90 Å². The van der Waals surface area contributed by atoms with E-state index in [1.807, 2.05) is 0 Å².